The van der Waals surface area contributed by atoms with Crippen molar-refractivity contribution in [2.24, 2.45) is 0 Å². The summed E-state index contributed by atoms with van der Waals surface area (Å²) < 4.78 is 15.9. The number of amides is 2. The Morgan fingerprint density at radius 3 is 2.41 bits per heavy atom. The molecule has 27 heavy (non-hydrogen) atoms. The third-order valence-electron chi connectivity index (χ3n) is 4.89. The number of rotatable bonds is 7. The monoisotopic (exact) mass is 370 g/mol. The van der Waals surface area contributed by atoms with Crippen LogP contribution < -0.4 is 24.8 Å². The van der Waals surface area contributed by atoms with Crippen molar-refractivity contribution >= 4 is 6.03 Å². The zero-order valence-electron chi connectivity index (χ0n) is 16.0. The minimum Gasteiger partial charge on any atom is -0.497 e. The van der Waals surface area contributed by atoms with Gasteiger partial charge < -0.3 is 24.8 Å². The molecule has 144 valence electrons. The highest BCUT2D eigenvalue weighted by Gasteiger charge is 2.26. The van der Waals surface area contributed by atoms with Crippen LogP contribution in [0.5, 0.6) is 17.2 Å². The molecule has 2 N–H and O–H groups in total. The largest absolute Gasteiger partial charge is 0.497 e. The van der Waals surface area contributed by atoms with Gasteiger partial charge in [0.15, 0.2) is 11.5 Å². The molecule has 2 aromatic rings. The van der Waals surface area contributed by atoms with Crippen LogP contribution in [0, 0.1) is 0 Å². The number of fused-ring (bicyclic) bond motifs is 1. The average molecular weight is 370 g/mol. The van der Waals surface area contributed by atoms with Gasteiger partial charge in [-0.3, -0.25) is 0 Å². The Hall–Kier alpha value is -2.89. The van der Waals surface area contributed by atoms with Crippen molar-refractivity contribution < 1.29 is 19.0 Å². The summed E-state index contributed by atoms with van der Waals surface area (Å²) in [6.45, 7) is 0.573. The normalized spacial score (nSPS) is 15.0. The van der Waals surface area contributed by atoms with Crippen LogP contribution in [0.2, 0.25) is 0 Å². The molecule has 0 aromatic heterocycles. The fraction of sp³-hybridized carbons (Fsp3) is 0.381. The van der Waals surface area contributed by atoms with Crippen molar-refractivity contribution in [3.05, 3.63) is 53.1 Å². The van der Waals surface area contributed by atoms with Gasteiger partial charge in [0.1, 0.15) is 5.75 Å². The molecule has 0 fully saturated rings. The van der Waals surface area contributed by atoms with Gasteiger partial charge in [-0.2, -0.15) is 0 Å². The van der Waals surface area contributed by atoms with E-state index >= 15 is 0 Å². The molecular formula is C21H26N2O4. The van der Waals surface area contributed by atoms with Crippen molar-refractivity contribution in [1.82, 2.24) is 10.6 Å². The summed E-state index contributed by atoms with van der Waals surface area (Å²) in [5, 5.41) is 5.99. The lowest BCUT2D eigenvalue weighted by molar-refractivity contribution is 0.237. The van der Waals surface area contributed by atoms with Gasteiger partial charge in [-0.05, 0) is 60.2 Å². The Morgan fingerprint density at radius 1 is 1.04 bits per heavy atom. The van der Waals surface area contributed by atoms with E-state index in [-0.39, 0.29) is 12.1 Å². The number of aryl methyl sites for hydroxylation is 1. The predicted molar refractivity (Wildman–Crippen MR) is 104 cm³/mol. The quantitative estimate of drug-likeness (QED) is 0.785. The van der Waals surface area contributed by atoms with E-state index in [0.29, 0.717) is 12.3 Å². The van der Waals surface area contributed by atoms with E-state index in [9.17, 15) is 4.79 Å². The summed E-state index contributed by atoms with van der Waals surface area (Å²) in [4.78, 5) is 12.3. The minimum atomic E-state index is -0.156. The lowest BCUT2D eigenvalue weighted by Gasteiger charge is -2.17. The van der Waals surface area contributed by atoms with Crippen molar-refractivity contribution in [3.63, 3.8) is 0 Å². The Labute approximate surface area is 159 Å². The standard InChI is InChI=1S/C21H26N2O4/c1-25-16-7-4-14(5-8-16)10-11-22-21(24)23-18-9-6-15-12-19(26-2)20(27-3)13-17(15)18/h4-5,7-8,12-13,18H,6,9-11H2,1-3H3,(H2,22,23,24)/t18-/m0/s1. The van der Waals surface area contributed by atoms with Crippen LogP contribution in [0.3, 0.4) is 0 Å². The molecule has 1 aliphatic rings. The van der Waals surface area contributed by atoms with E-state index in [1.807, 2.05) is 36.4 Å². The molecule has 0 saturated heterocycles. The Kier molecular flexibility index (Phi) is 6.06. The maximum atomic E-state index is 12.3. The van der Waals surface area contributed by atoms with E-state index in [1.165, 1.54) is 5.56 Å². The second-order valence-corrected chi connectivity index (χ2v) is 6.50. The number of hydrogen-bond acceptors (Lipinski definition) is 4. The minimum absolute atomic E-state index is 0.0132. The van der Waals surface area contributed by atoms with Crippen molar-refractivity contribution in [2.75, 3.05) is 27.9 Å². The van der Waals surface area contributed by atoms with E-state index in [4.69, 9.17) is 14.2 Å². The summed E-state index contributed by atoms with van der Waals surface area (Å²) in [7, 11) is 4.90. The molecule has 1 aliphatic carbocycles. The lowest BCUT2D eigenvalue weighted by atomic mass is 10.1. The van der Waals surface area contributed by atoms with Crippen molar-refractivity contribution in [2.45, 2.75) is 25.3 Å². The third-order valence-corrected chi connectivity index (χ3v) is 4.89. The number of ether oxygens (including phenoxy) is 3. The first-order valence-electron chi connectivity index (χ1n) is 9.06. The fourth-order valence-electron chi connectivity index (χ4n) is 3.40. The topological polar surface area (TPSA) is 68.8 Å². The average Bonchev–Trinajstić information content (AvgIpc) is 3.08. The first-order chi connectivity index (χ1) is 13.1. The molecule has 2 aromatic carbocycles. The lowest BCUT2D eigenvalue weighted by Crippen LogP contribution is -2.38. The van der Waals surface area contributed by atoms with Gasteiger partial charge in [-0.15, -0.1) is 0 Å². The summed E-state index contributed by atoms with van der Waals surface area (Å²) in [6, 6.07) is 11.6. The molecule has 0 aliphatic heterocycles. The van der Waals surface area contributed by atoms with Gasteiger partial charge in [0.05, 0.1) is 27.4 Å². The van der Waals surface area contributed by atoms with Crippen LogP contribution >= 0.6 is 0 Å². The van der Waals surface area contributed by atoms with E-state index in [0.717, 1.165) is 41.9 Å². The molecule has 0 radical (unpaired) electrons. The van der Waals surface area contributed by atoms with Gasteiger partial charge >= 0.3 is 6.03 Å². The zero-order chi connectivity index (χ0) is 19.2. The SMILES string of the molecule is COc1ccc(CCNC(=O)N[C@H]2CCc3cc(OC)c(OC)cc32)cc1. The van der Waals surface area contributed by atoms with Gasteiger partial charge in [-0.1, -0.05) is 12.1 Å². The number of hydrogen-bond donors (Lipinski definition) is 2. The fourth-order valence-corrected chi connectivity index (χ4v) is 3.40. The van der Waals surface area contributed by atoms with Crippen LogP contribution in [0.4, 0.5) is 4.79 Å². The third kappa shape index (κ3) is 4.45. The molecule has 1 atom stereocenters. The molecule has 0 bridgehead atoms. The molecule has 6 heteroatoms. The number of carbonyl (C=O) groups excluding carboxylic acids is 1. The van der Waals surface area contributed by atoms with Crippen LogP contribution in [0.25, 0.3) is 0 Å². The molecule has 0 spiro atoms. The van der Waals surface area contributed by atoms with E-state index in [2.05, 4.69) is 10.6 Å². The summed E-state index contributed by atoms with van der Waals surface area (Å²) in [6.07, 6.45) is 2.55. The molecule has 2 amide bonds. The first kappa shape index (κ1) is 18.9. The summed E-state index contributed by atoms with van der Waals surface area (Å²) in [5.74, 6) is 2.24. The van der Waals surface area contributed by atoms with E-state index in [1.54, 1.807) is 21.3 Å². The van der Waals surface area contributed by atoms with Crippen molar-refractivity contribution in [3.8, 4) is 17.2 Å². The Morgan fingerprint density at radius 2 is 1.74 bits per heavy atom. The number of benzene rings is 2. The summed E-state index contributed by atoms with van der Waals surface area (Å²) >= 11 is 0. The first-order valence-corrected chi connectivity index (χ1v) is 9.06. The van der Waals surface area contributed by atoms with Gasteiger partial charge in [0.2, 0.25) is 0 Å². The maximum absolute atomic E-state index is 12.3. The highest BCUT2D eigenvalue weighted by Crippen LogP contribution is 2.39. The Bertz CT molecular complexity index is 790. The molecule has 0 saturated carbocycles. The van der Waals surface area contributed by atoms with E-state index < -0.39 is 0 Å². The number of urea groups is 1. The Balaban J connectivity index is 1.53. The highest BCUT2D eigenvalue weighted by molar-refractivity contribution is 5.74. The molecule has 0 unspecified atom stereocenters. The smallest absolute Gasteiger partial charge is 0.315 e. The number of nitrogens with one attached hydrogen (secondary N) is 2. The number of carbonyl (C=O) groups is 1. The van der Waals surface area contributed by atoms with Gasteiger partial charge in [0, 0.05) is 6.54 Å². The second kappa shape index (κ2) is 8.66. The maximum Gasteiger partial charge on any atom is 0.315 e. The predicted octanol–water partition coefficient (Wildman–Crippen LogP) is 3.24. The van der Waals surface area contributed by atoms with Crippen molar-refractivity contribution in [1.29, 1.82) is 0 Å². The van der Waals surface area contributed by atoms with Crippen LogP contribution in [-0.4, -0.2) is 33.9 Å². The molecule has 0 heterocycles. The second-order valence-electron chi connectivity index (χ2n) is 6.50. The highest BCUT2D eigenvalue weighted by atomic mass is 16.5. The summed E-state index contributed by atoms with van der Waals surface area (Å²) in [5.41, 5.74) is 3.44. The van der Waals surface area contributed by atoms with Crippen LogP contribution in [0.1, 0.15) is 29.2 Å². The molecule has 6 nitrogen and oxygen atoms in total. The molecule has 3 rings (SSSR count). The molecular weight excluding hydrogens is 344 g/mol. The zero-order valence-corrected chi connectivity index (χ0v) is 16.0. The number of methoxy groups -OCH3 is 3. The van der Waals surface area contributed by atoms with Crippen LogP contribution in [-0.2, 0) is 12.8 Å². The van der Waals surface area contributed by atoms with Gasteiger partial charge in [0.25, 0.3) is 0 Å². The van der Waals surface area contributed by atoms with Crippen LogP contribution in [0.15, 0.2) is 36.4 Å². The van der Waals surface area contributed by atoms with Gasteiger partial charge in [-0.25, -0.2) is 4.79 Å².